The first-order valence-electron chi connectivity index (χ1n) is 11.3. The van der Waals surface area contributed by atoms with Crippen LogP contribution in [0.25, 0.3) is 0 Å². The summed E-state index contributed by atoms with van der Waals surface area (Å²) >= 11 is 0. The highest BCUT2D eigenvalue weighted by atomic mass is 16.2. The van der Waals surface area contributed by atoms with Gasteiger partial charge in [0.15, 0.2) is 0 Å². The molecule has 1 amide bonds. The lowest BCUT2D eigenvalue weighted by Gasteiger charge is -2.34. The molecule has 0 radical (unpaired) electrons. The second-order valence-corrected chi connectivity index (χ2v) is 9.05. The summed E-state index contributed by atoms with van der Waals surface area (Å²) in [7, 11) is 1.98. The monoisotopic (exact) mass is 390 g/mol. The number of likely N-dealkylation sites (tertiary alicyclic amines) is 1. The fourth-order valence-electron chi connectivity index (χ4n) is 5.20. The molecule has 0 bridgehead atoms. The second kappa shape index (κ2) is 9.58. The van der Waals surface area contributed by atoms with E-state index in [0.717, 1.165) is 30.2 Å². The lowest BCUT2D eigenvalue weighted by Crippen LogP contribution is -2.38. The van der Waals surface area contributed by atoms with E-state index >= 15 is 0 Å². The number of hydrogen-bond donors (Lipinski definition) is 0. The van der Waals surface area contributed by atoms with Crippen LogP contribution in [0.15, 0.2) is 60.7 Å². The normalized spacial score (nSPS) is 23.2. The highest BCUT2D eigenvalue weighted by Crippen LogP contribution is 2.31. The molecule has 29 heavy (non-hydrogen) atoms. The van der Waals surface area contributed by atoms with Crippen LogP contribution in [0.3, 0.4) is 0 Å². The van der Waals surface area contributed by atoms with Crippen molar-refractivity contribution in [2.24, 2.45) is 11.8 Å². The third-order valence-corrected chi connectivity index (χ3v) is 6.99. The van der Waals surface area contributed by atoms with Crippen LogP contribution >= 0.6 is 0 Å². The van der Waals surface area contributed by atoms with Gasteiger partial charge in [-0.2, -0.15) is 0 Å². The number of carbonyl (C=O) groups excluding carboxylic acids is 1. The molecule has 0 aromatic heterocycles. The zero-order chi connectivity index (χ0) is 20.1. The predicted octanol–water partition coefficient (Wildman–Crippen LogP) is 4.88. The maximum absolute atomic E-state index is 12.7. The number of rotatable bonds is 6. The van der Waals surface area contributed by atoms with Gasteiger partial charge in [0, 0.05) is 25.2 Å². The molecule has 0 N–H and O–H groups in total. The van der Waals surface area contributed by atoms with Crippen molar-refractivity contribution in [3.8, 4) is 0 Å². The quantitative estimate of drug-likeness (QED) is 0.702. The molecule has 154 valence electrons. The zero-order valence-corrected chi connectivity index (χ0v) is 17.7. The molecule has 3 heteroatoms. The zero-order valence-electron chi connectivity index (χ0n) is 17.7. The van der Waals surface area contributed by atoms with Crippen LogP contribution in [0.4, 0.5) is 0 Å². The van der Waals surface area contributed by atoms with Crippen molar-refractivity contribution in [1.82, 2.24) is 9.80 Å². The van der Waals surface area contributed by atoms with E-state index in [4.69, 9.17) is 0 Å². The van der Waals surface area contributed by atoms with Gasteiger partial charge in [0.1, 0.15) is 0 Å². The Morgan fingerprint density at radius 3 is 2.24 bits per heavy atom. The van der Waals surface area contributed by atoms with Gasteiger partial charge in [-0.3, -0.25) is 4.79 Å². The Labute approximate surface area is 175 Å². The summed E-state index contributed by atoms with van der Waals surface area (Å²) in [5, 5.41) is 0. The summed E-state index contributed by atoms with van der Waals surface area (Å²) < 4.78 is 0. The smallest absolute Gasteiger partial charge is 0.253 e. The van der Waals surface area contributed by atoms with E-state index in [1.54, 1.807) is 0 Å². The van der Waals surface area contributed by atoms with E-state index in [9.17, 15) is 4.79 Å². The SMILES string of the molecule is CN(C(=O)c1ccccc1)C1CC[C@@H](CN2CCC(Cc3ccccc3)CC2)C1. The Balaban J connectivity index is 1.21. The van der Waals surface area contributed by atoms with Gasteiger partial charge in [-0.25, -0.2) is 0 Å². The number of nitrogens with zero attached hydrogens (tertiary/aromatic N) is 2. The van der Waals surface area contributed by atoms with Crippen LogP contribution in [0.2, 0.25) is 0 Å². The van der Waals surface area contributed by atoms with E-state index in [-0.39, 0.29) is 5.91 Å². The van der Waals surface area contributed by atoms with Crippen LogP contribution < -0.4 is 0 Å². The molecule has 1 aliphatic carbocycles. The summed E-state index contributed by atoms with van der Waals surface area (Å²) in [5.41, 5.74) is 2.29. The van der Waals surface area contributed by atoms with Gasteiger partial charge in [-0.1, -0.05) is 48.5 Å². The number of hydrogen-bond acceptors (Lipinski definition) is 2. The molecule has 2 fully saturated rings. The third-order valence-electron chi connectivity index (χ3n) is 6.99. The standard InChI is InChI=1S/C26H34N2O/c1-27(26(29)24-10-6-3-7-11-24)25-13-12-23(19-25)20-28-16-14-22(15-17-28)18-21-8-4-2-5-9-21/h2-11,22-23,25H,12-20H2,1H3/t23-,25?/m1/s1. The Hall–Kier alpha value is -2.13. The molecule has 0 spiro atoms. The number of carbonyl (C=O) groups is 1. The number of amides is 1. The van der Waals surface area contributed by atoms with E-state index in [1.165, 1.54) is 50.9 Å². The molecule has 2 aromatic carbocycles. The first-order chi connectivity index (χ1) is 14.2. The first-order valence-corrected chi connectivity index (χ1v) is 11.3. The van der Waals surface area contributed by atoms with Gasteiger partial charge >= 0.3 is 0 Å². The summed E-state index contributed by atoms with van der Waals surface area (Å²) in [5.74, 6) is 1.73. The summed E-state index contributed by atoms with van der Waals surface area (Å²) in [6, 6.07) is 21.0. The van der Waals surface area contributed by atoms with Crippen LogP contribution in [-0.2, 0) is 6.42 Å². The highest BCUT2D eigenvalue weighted by molar-refractivity contribution is 5.94. The van der Waals surface area contributed by atoms with Crippen LogP contribution in [0.1, 0.15) is 48.0 Å². The van der Waals surface area contributed by atoms with Crippen molar-refractivity contribution >= 4 is 5.91 Å². The fraction of sp³-hybridized carbons (Fsp3) is 0.500. The van der Waals surface area contributed by atoms with Gasteiger partial charge in [-0.05, 0) is 81.1 Å². The molecule has 1 unspecified atom stereocenters. The number of benzene rings is 2. The van der Waals surface area contributed by atoms with Gasteiger partial charge in [0.25, 0.3) is 5.91 Å². The molecule has 2 aliphatic rings. The lowest BCUT2D eigenvalue weighted by molar-refractivity contribution is 0.0728. The molecular weight excluding hydrogens is 356 g/mol. The molecule has 1 aliphatic heterocycles. The minimum absolute atomic E-state index is 0.165. The Morgan fingerprint density at radius 2 is 1.55 bits per heavy atom. The first kappa shape index (κ1) is 20.2. The van der Waals surface area contributed by atoms with Crippen molar-refractivity contribution in [2.75, 3.05) is 26.7 Å². The van der Waals surface area contributed by atoms with Gasteiger partial charge in [0.05, 0.1) is 0 Å². The van der Waals surface area contributed by atoms with Crippen LogP contribution in [-0.4, -0.2) is 48.4 Å². The minimum Gasteiger partial charge on any atom is -0.339 e. The third kappa shape index (κ3) is 5.27. The average Bonchev–Trinajstić information content (AvgIpc) is 3.24. The molecule has 1 saturated carbocycles. The van der Waals surface area contributed by atoms with E-state index in [2.05, 4.69) is 35.2 Å². The largest absolute Gasteiger partial charge is 0.339 e. The van der Waals surface area contributed by atoms with Crippen LogP contribution in [0, 0.1) is 11.8 Å². The lowest BCUT2D eigenvalue weighted by atomic mass is 9.89. The topological polar surface area (TPSA) is 23.6 Å². The van der Waals surface area contributed by atoms with Crippen molar-refractivity contribution in [3.05, 3.63) is 71.8 Å². The molecule has 4 rings (SSSR count). The van der Waals surface area contributed by atoms with Crippen molar-refractivity contribution in [1.29, 1.82) is 0 Å². The predicted molar refractivity (Wildman–Crippen MR) is 119 cm³/mol. The van der Waals surface area contributed by atoms with Gasteiger partial charge < -0.3 is 9.80 Å². The molecule has 1 heterocycles. The summed E-state index contributed by atoms with van der Waals surface area (Å²) in [4.78, 5) is 17.4. The maximum Gasteiger partial charge on any atom is 0.253 e. The average molecular weight is 391 g/mol. The Morgan fingerprint density at radius 1 is 0.897 bits per heavy atom. The fourth-order valence-corrected chi connectivity index (χ4v) is 5.20. The van der Waals surface area contributed by atoms with E-state index < -0.39 is 0 Å². The molecular formula is C26H34N2O. The molecule has 2 atom stereocenters. The minimum atomic E-state index is 0.165. The molecule has 2 aromatic rings. The summed E-state index contributed by atoms with van der Waals surface area (Å²) in [6.07, 6.45) is 7.41. The van der Waals surface area contributed by atoms with Gasteiger partial charge in [0.2, 0.25) is 0 Å². The maximum atomic E-state index is 12.7. The van der Waals surface area contributed by atoms with E-state index in [1.807, 2.05) is 42.3 Å². The van der Waals surface area contributed by atoms with Crippen molar-refractivity contribution < 1.29 is 4.79 Å². The second-order valence-electron chi connectivity index (χ2n) is 9.05. The van der Waals surface area contributed by atoms with E-state index in [0.29, 0.717) is 6.04 Å². The van der Waals surface area contributed by atoms with Crippen molar-refractivity contribution in [2.45, 2.75) is 44.6 Å². The highest BCUT2D eigenvalue weighted by Gasteiger charge is 2.32. The molecule has 1 saturated heterocycles. The molecule has 3 nitrogen and oxygen atoms in total. The Kier molecular flexibility index (Phi) is 6.66. The van der Waals surface area contributed by atoms with Gasteiger partial charge in [-0.15, -0.1) is 0 Å². The summed E-state index contributed by atoms with van der Waals surface area (Å²) in [6.45, 7) is 3.68. The van der Waals surface area contributed by atoms with Crippen LogP contribution in [0.5, 0.6) is 0 Å². The number of piperidine rings is 1. The van der Waals surface area contributed by atoms with Crippen molar-refractivity contribution in [3.63, 3.8) is 0 Å². The Bertz CT molecular complexity index is 768.